The van der Waals surface area contributed by atoms with Crippen molar-refractivity contribution in [1.82, 2.24) is 0 Å². The number of carbonyl (C=O) groups is 4. The summed E-state index contributed by atoms with van der Waals surface area (Å²) in [4.78, 5) is 51.2. The Balaban J connectivity index is 1.73. The maximum absolute atomic E-state index is 13.6. The minimum Gasteiger partial charge on any atom is -0.508 e. The van der Waals surface area contributed by atoms with Crippen molar-refractivity contribution >= 4 is 23.5 Å². The SMILES string of the molecule is COC(=O)[C@@H]1C[C@H](OC(C)=O)C(=O)[C@@H]2[C@H]3C[C@H](c4cccc(O)c4)CC(=O)[C@@H]3CC[C@]21C. The second-order valence-electron chi connectivity index (χ2n) is 9.80. The monoisotopic (exact) mass is 442 g/mol. The minimum atomic E-state index is -1.01. The van der Waals surface area contributed by atoms with Crippen LogP contribution in [0.15, 0.2) is 24.3 Å². The number of Topliss-reactive ketones (excluding diaryl/α,β-unsaturated/α-hetero) is 2. The van der Waals surface area contributed by atoms with E-state index in [2.05, 4.69) is 0 Å². The summed E-state index contributed by atoms with van der Waals surface area (Å²) in [7, 11) is 1.33. The van der Waals surface area contributed by atoms with Crippen LogP contribution in [-0.2, 0) is 28.7 Å². The molecule has 32 heavy (non-hydrogen) atoms. The van der Waals surface area contributed by atoms with Crippen LogP contribution in [0.4, 0.5) is 0 Å². The molecule has 1 aromatic rings. The normalized spacial score (nSPS) is 36.6. The molecule has 0 heterocycles. The third kappa shape index (κ3) is 3.71. The third-order valence-electron chi connectivity index (χ3n) is 8.07. The third-order valence-corrected chi connectivity index (χ3v) is 8.07. The topological polar surface area (TPSA) is 107 Å². The van der Waals surface area contributed by atoms with Gasteiger partial charge in [-0.05, 0) is 54.2 Å². The molecule has 0 amide bonds. The Labute approximate surface area is 187 Å². The van der Waals surface area contributed by atoms with Crippen LogP contribution in [0.25, 0.3) is 0 Å². The molecule has 3 aliphatic carbocycles. The molecule has 0 aliphatic heterocycles. The van der Waals surface area contributed by atoms with Gasteiger partial charge >= 0.3 is 11.9 Å². The van der Waals surface area contributed by atoms with Gasteiger partial charge in [-0.25, -0.2) is 0 Å². The summed E-state index contributed by atoms with van der Waals surface area (Å²) in [5.41, 5.74) is 0.205. The quantitative estimate of drug-likeness (QED) is 0.717. The first-order valence-corrected chi connectivity index (χ1v) is 11.3. The first-order valence-electron chi connectivity index (χ1n) is 11.3. The van der Waals surface area contributed by atoms with Crippen molar-refractivity contribution in [1.29, 1.82) is 0 Å². The van der Waals surface area contributed by atoms with Gasteiger partial charge in [0.1, 0.15) is 11.5 Å². The molecule has 0 aromatic heterocycles. The standard InChI is InChI=1S/C25H30O7/c1-13(26)32-21-12-19(24(30)31-3)25(2)8-7-17-18(22(25)23(21)29)10-15(11-20(17)28)14-5-4-6-16(27)9-14/h4-6,9,15,17-19,21-22,27H,7-8,10-12H2,1-3H3/t15-,17+,18-,19-,21-,22-,25-/m0/s1. The van der Waals surface area contributed by atoms with Gasteiger partial charge in [-0.1, -0.05) is 19.1 Å². The number of aromatic hydroxyl groups is 1. The van der Waals surface area contributed by atoms with Crippen molar-refractivity contribution < 1.29 is 33.8 Å². The number of phenolic OH excluding ortho intramolecular Hbond substituents is 1. The van der Waals surface area contributed by atoms with Crippen molar-refractivity contribution in [2.24, 2.45) is 29.1 Å². The lowest BCUT2D eigenvalue weighted by Crippen LogP contribution is -2.60. The Bertz CT molecular complexity index is 953. The molecule has 0 spiro atoms. The molecule has 1 aromatic carbocycles. The summed E-state index contributed by atoms with van der Waals surface area (Å²) < 4.78 is 10.4. The largest absolute Gasteiger partial charge is 0.508 e. The number of ether oxygens (including phenoxy) is 2. The van der Waals surface area contributed by atoms with Crippen LogP contribution in [0.1, 0.15) is 57.4 Å². The van der Waals surface area contributed by atoms with Crippen LogP contribution in [0.2, 0.25) is 0 Å². The van der Waals surface area contributed by atoms with Crippen LogP contribution in [0, 0.1) is 29.1 Å². The smallest absolute Gasteiger partial charge is 0.309 e. The summed E-state index contributed by atoms with van der Waals surface area (Å²) in [6.07, 6.45) is 1.27. The van der Waals surface area contributed by atoms with E-state index in [9.17, 15) is 24.3 Å². The summed E-state index contributed by atoms with van der Waals surface area (Å²) in [5.74, 6) is -2.69. The second-order valence-corrected chi connectivity index (χ2v) is 9.80. The van der Waals surface area contributed by atoms with Crippen molar-refractivity contribution in [2.75, 3.05) is 7.11 Å². The van der Waals surface area contributed by atoms with E-state index in [4.69, 9.17) is 9.47 Å². The average molecular weight is 443 g/mol. The van der Waals surface area contributed by atoms with Gasteiger partial charge in [0.25, 0.3) is 0 Å². The maximum atomic E-state index is 13.6. The van der Waals surface area contributed by atoms with Crippen LogP contribution >= 0.6 is 0 Å². The summed E-state index contributed by atoms with van der Waals surface area (Å²) in [6.45, 7) is 3.19. The van der Waals surface area contributed by atoms with E-state index >= 15 is 0 Å². The fourth-order valence-electron chi connectivity index (χ4n) is 6.64. The number of hydrogen-bond donors (Lipinski definition) is 1. The zero-order valence-electron chi connectivity index (χ0n) is 18.7. The minimum absolute atomic E-state index is 0.111. The Morgan fingerprint density at radius 2 is 1.94 bits per heavy atom. The number of esters is 2. The van der Waals surface area contributed by atoms with Crippen LogP contribution < -0.4 is 0 Å². The molecule has 0 radical (unpaired) electrons. The number of benzene rings is 1. The molecule has 0 saturated heterocycles. The summed E-state index contributed by atoms with van der Waals surface area (Å²) in [5, 5.41) is 9.92. The van der Waals surface area contributed by atoms with E-state index in [0.717, 1.165) is 5.56 Å². The van der Waals surface area contributed by atoms with E-state index in [0.29, 0.717) is 25.7 Å². The lowest BCUT2D eigenvalue weighted by Gasteiger charge is -2.56. The van der Waals surface area contributed by atoms with Crippen LogP contribution in [0.3, 0.4) is 0 Å². The molecule has 4 rings (SSSR count). The Morgan fingerprint density at radius 3 is 2.59 bits per heavy atom. The van der Waals surface area contributed by atoms with E-state index in [1.807, 2.05) is 13.0 Å². The average Bonchev–Trinajstić information content (AvgIpc) is 2.74. The van der Waals surface area contributed by atoms with Gasteiger partial charge < -0.3 is 14.6 Å². The molecule has 0 bridgehead atoms. The number of phenols is 1. The number of methoxy groups -OCH3 is 1. The highest BCUT2D eigenvalue weighted by Gasteiger charge is 2.62. The number of ketones is 2. The van der Waals surface area contributed by atoms with E-state index < -0.39 is 35.3 Å². The van der Waals surface area contributed by atoms with Gasteiger partial charge in [-0.3, -0.25) is 19.2 Å². The van der Waals surface area contributed by atoms with Crippen molar-refractivity contribution in [3.8, 4) is 5.75 Å². The number of fused-ring (bicyclic) bond motifs is 3. The fraction of sp³-hybridized carbons (Fsp3) is 0.600. The molecular formula is C25H30O7. The number of rotatable bonds is 3. The highest BCUT2D eigenvalue weighted by Crippen LogP contribution is 2.60. The van der Waals surface area contributed by atoms with Gasteiger partial charge in [0, 0.05) is 31.6 Å². The Kier molecular flexibility index (Phi) is 5.86. The lowest BCUT2D eigenvalue weighted by atomic mass is 9.46. The molecule has 7 nitrogen and oxygen atoms in total. The van der Waals surface area contributed by atoms with Gasteiger partial charge in [-0.2, -0.15) is 0 Å². The zero-order chi connectivity index (χ0) is 23.2. The molecule has 7 atom stereocenters. The predicted molar refractivity (Wildman–Crippen MR) is 114 cm³/mol. The van der Waals surface area contributed by atoms with Gasteiger partial charge in [-0.15, -0.1) is 0 Å². The molecule has 3 fully saturated rings. The van der Waals surface area contributed by atoms with Gasteiger partial charge in [0.05, 0.1) is 13.0 Å². The summed E-state index contributed by atoms with van der Waals surface area (Å²) in [6, 6.07) is 6.90. The predicted octanol–water partition coefficient (Wildman–Crippen LogP) is 3.18. The molecule has 1 N–H and O–H groups in total. The number of carbonyl (C=O) groups excluding carboxylic acids is 4. The first-order chi connectivity index (χ1) is 15.2. The number of hydrogen-bond acceptors (Lipinski definition) is 7. The molecule has 172 valence electrons. The highest BCUT2D eigenvalue weighted by molar-refractivity contribution is 5.93. The molecule has 3 aliphatic rings. The van der Waals surface area contributed by atoms with Crippen molar-refractivity contribution in [3.05, 3.63) is 29.8 Å². The van der Waals surface area contributed by atoms with Crippen LogP contribution in [-0.4, -0.2) is 41.8 Å². The van der Waals surface area contributed by atoms with E-state index in [-0.39, 0.29) is 41.5 Å². The van der Waals surface area contributed by atoms with Crippen molar-refractivity contribution in [2.45, 2.75) is 58.0 Å². The maximum Gasteiger partial charge on any atom is 0.309 e. The van der Waals surface area contributed by atoms with E-state index in [1.54, 1.807) is 18.2 Å². The fourth-order valence-corrected chi connectivity index (χ4v) is 6.64. The first kappa shape index (κ1) is 22.5. The van der Waals surface area contributed by atoms with Gasteiger partial charge in [0.15, 0.2) is 11.9 Å². The molecule has 7 heteroatoms. The van der Waals surface area contributed by atoms with Crippen LogP contribution in [0.5, 0.6) is 5.75 Å². The Morgan fingerprint density at radius 1 is 1.19 bits per heavy atom. The highest BCUT2D eigenvalue weighted by atomic mass is 16.5. The molecule has 0 unspecified atom stereocenters. The lowest BCUT2D eigenvalue weighted by molar-refractivity contribution is -0.183. The Hall–Kier alpha value is -2.70. The molecular weight excluding hydrogens is 412 g/mol. The van der Waals surface area contributed by atoms with Gasteiger partial charge in [0.2, 0.25) is 0 Å². The van der Waals surface area contributed by atoms with Crippen molar-refractivity contribution in [3.63, 3.8) is 0 Å². The van der Waals surface area contributed by atoms with E-state index in [1.165, 1.54) is 14.0 Å². The second kappa shape index (κ2) is 8.34. The molecule has 3 saturated carbocycles. The summed E-state index contributed by atoms with van der Waals surface area (Å²) >= 11 is 0. The zero-order valence-corrected chi connectivity index (χ0v) is 18.7.